The molecule has 1 fully saturated rings. The lowest BCUT2D eigenvalue weighted by atomic mass is 9.95. The molecule has 1 aromatic rings. The summed E-state index contributed by atoms with van der Waals surface area (Å²) in [4.78, 5) is 19.6. The quantitative estimate of drug-likeness (QED) is 0.0863. The van der Waals surface area contributed by atoms with Gasteiger partial charge in [-0.15, -0.1) is 11.6 Å². The van der Waals surface area contributed by atoms with Gasteiger partial charge in [-0.2, -0.15) is 5.10 Å². The van der Waals surface area contributed by atoms with E-state index >= 15 is 0 Å². The molecular weight excluding hydrogens is 506 g/mol. The number of aromatic nitrogens is 2. The minimum absolute atomic E-state index is 0.0747. The summed E-state index contributed by atoms with van der Waals surface area (Å²) in [5.74, 6) is -0.0747. The van der Waals surface area contributed by atoms with Crippen LogP contribution < -0.4 is 5.32 Å². The van der Waals surface area contributed by atoms with Crippen molar-refractivity contribution in [1.29, 1.82) is 0 Å². The molecule has 1 heterocycles. The Hall–Kier alpha value is -2.73. The third kappa shape index (κ3) is 22.9. The smallest absolute Gasteiger partial charge is 0.262 e. The van der Waals surface area contributed by atoms with Crippen LogP contribution >= 0.6 is 11.6 Å². The van der Waals surface area contributed by atoms with Crippen LogP contribution in [-0.2, 0) is 17.9 Å². The van der Waals surface area contributed by atoms with Crippen LogP contribution in [0.4, 0.5) is 0 Å². The van der Waals surface area contributed by atoms with Crippen LogP contribution in [0.5, 0.6) is 0 Å². The highest BCUT2D eigenvalue weighted by Crippen LogP contribution is 2.17. The number of rotatable bonds is 13. The van der Waals surface area contributed by atoms with E-state index in [-0.39, 0.29) is 5.91 Å². The zero-order valence-corrected chi connectivity index (χ0v) is 26.2. The molecule has 0 saturated heterocycles. The van der Waals surface area contributed by atoms with E-state index in [1.165, 1.54) is 37.4 Å². The van der Waals surface area contributed by atoms with E-state index in [4.69, 9.17) is 0 Å². The van der Waals surface area contributed by atoms with Gasteiger partial charge in [0.1, 0.15) is 0 Å². The average Bonchev–Trinajstić information content (AvgIpc) is 3.44. The number of unbranched alkanes of at least 4 members (excludes halogenated alkanes) is 1. The van der Waals surface area contributed by atoms with Crippen LogP contribution in [0.1, 0.15) is 98.0 Å². The first-order valence-electron chi connectivity index (χ1n) is 14.4. The summed E-state index contributed by atoms with van der Waals surface area (Å²) < 4.78 is 1.88. The van der Waals surface area contributed by atoms with Crippen LogP contribution in [0.25, 0.3) is 0 Å². The Bertz CT molecular complexity index is 862. The minimum Gasteiger partial charge on any atom is -0.349 e. The van der Waals surface area contributed by atoms with E-state index < -0.39 is 0 Å². The number of alkyl halides is 1. The van der Waals surface area contributed by atoms with Crippen LogP contribution in [0.15, 0.2) is 70.6 Å². The summed E-state index contributed by atoms with van der Waals surface area (Å²) in [5.41, 5.74) is 2.46. The highest BCUT2D eigenvalue weighted by Gasteiger charge is 2.14. The molecule has 1 aliphatic rings. The van der Waals surface area contributed by atoms with Gasteiger partial charge in [0.15, 0.2) is 0 Å². The number of aryl methyl sites for hydroxylation is 1. The number of allylic oxidation sites excluding steroid dienone is 7. The Labute approximate surface area is 244 Å². The van der Waals surface area contributed by atoms with Gasteiger partial charge in [0, 0.05) is 36.9 Å². The zero-order chi connectivity index (χ0) is 29.6. The molecule has 1 aromatic heterocycles. The lowest BCUT2D eigenvalue weighted by Gasteiger charge is -2.21. The highest BCUT2D eigenvalue weighted by molar-refractivity contribution is 6.26. The van der Waals surface area contributed by atoms with Gasteiger partial charge >= 0.3 is 0 Å². The summed E-state index contributed by atoms with van der Waals surface area (Å²) in [6, 6.07) is 0.342. The topological polar surface area (TPSA) is 71.6 Å². The van der Waals surface area contributed by atoms with Crippen molar-refractivity contribution in [2.45, 2.75) is 112 Å². The van der Waals surface area contributed by atoms with Gasteiger partial charge in [-0.25, -0.2) is 0 Å². The molecule has 0 unspecified atom stereocenters. The molecule has 0 radical (unpaired) electrons. The molecule has 1 saturated carbocycles. The predicted molar refractivity (Wildman–Crippen MR) is 173 cm³/mol. The van der Waals surface area contributed by atoms with Crippen LogP contribution in [-0.4, -0.2) is 41.0 Å². The fourth-order valence-corrected chi connectivity index (χ4v) is 3.62. The second-order valence-corrected chi connectivity index (χ2v) is 8.52. The van der Waals surface area contributed by atoms with Gasteiger partial charge in [-0.3, -0.25) is 19.5 Å². The van der Waals surface area contributed by atoms with Gasteiger partial charge in [-0.05, 0) is 64.7 Å². The van der Waals surface area contributed by atoms with Gasteiger partial charge in [-0.1, -0.05) is 76.5 Å². The molecule has 2 rings (SSSR count). The average molecular weight is 560 g/mol. The second kappa shape index (κ2) is 29.8. The molecule has 0 aliphatic heterocycles. The third-order valence-corrected chi connectivity index (χ3v) is 5.60. The predicted octanol–water partition coefficient (Wildman–Crippen LogP) is 8.64. The summed E-state index contributed by atoms with van der Waals surface area (Å²) in [6.45, 7) is 15.3. The number of hydrogen-bond donors (Lipinski definition) is 1. The van der Waals surface area contributed by atoms with E-state index in [1.807, 2.05) is 37.0 Å². The standard InChI is InChI=1S/C22H34N2O.C7H11N3.C2H6.CH3Cl/c1-3-5-9-14-20(4-2)15-10-6-7-13-18-23-19-22(25)24-21-16-11-8-12-17-21;1-3-10-6-7(4-8-2)5-9-10;2*1-2/h4-5,9-10,13,15,18-19,21H,3,6-8,11-12,14,16-17H2,1-2H3,(H,24,25);5-6H,2-4H2,1H3;1-2H3;1H3/b9-5+,15-10+,18-13+,20-4-,23-19?;;;. The highest BCUT2D eigenvalue weighted by atomic mass is 35.5. The van der Waals surface area contributed by atoms with Crippen molar-refractivity contribution in [2.75, 3.05) is 6.38 Å². The first-order valence-corrected chi connectivity index (χ1v) is 15.1. The molecule has 7 heteroatoms. The molecule has 1 aliphatic carbocycles. The number of carbonyl (C=O) groups excluding carboxylic acids is 1. The summed E-state index contributed by atoms with van der Waals surface area (Å²) in [5, 5.41) is 7.11. The molecule has 39 heavy (non-hydrogen) atoms. The van der Waals surface area contributed by atoms with Crippen LogP contribution in [0.2, 0.25) is 0 Å². The van der Waals surface area contributed by atoms with Gasteiger partial charge in [0.05, 0.1) is 19.0 Å². The number of hydrogen-bond acceptors (Lipinski definition) is 4. The summed E-state index contributed by atoms with van der Waals surface area (Å²) in [7, 11) is 0. The maximum atomic E-state index is 11.7. The normalized spacial score (nSPS) is 14.0. The van der Waals surface area contributed by atoms with Crippen molar-refractivity contribution in [3.63, 3.8) is 0 Å². The van der Waals surface area contributed by atoms with Gasteiger partial charge < -0.3 is 5.32 Å². The number of nitrogens with zero attached hydrogens (tertiary/aromatic N) is 4. The minimum atomic E-state index is -0.0747. The Kier molecular flexibility index (Phi) is 29.4. The van der Waals surface area contributed by atoms with E-state index in [9.17, 15) is 4.79 Å². The molecule has 6 nitrogen and oxygen atoms in total. The molecule has 1 N–H and O–H groups in total. The second-order valence-electron chi connectivity index (χ2n) is 8.52. The zero-order valence-electron chi connectivity index (χ0n) is 25.4. The van der Waals surface area contributed by atoms with E-state index in [1.54, 1.807) is 6.20 Å². The van der Waals surface area contributed by atoms with Crippen molar-refractivity contribution in [3.05, 3.63) is 66.2 Å². The van der Waals surface area contributed by atoms with Crippen LogP contribution in [0.3, 0.4) is 0 Å². The number of amides is 1. The van der Waals surface area contributed by atoms with Crippen molar-refractivity contribution in [1.82, 2.24) is 15.1 Å². The van der Waals surface area contributed by atoms with Crippen LogP contribution in [0, 0.1) is 0 Å². The van der Waals surface area contributed by atoms with E-state index in [0.717, 1.165) is 50.6 Å². The van der Waals surface area contributed by atoms with E-state index in [2.05, 4.69) is 89.9 Å². The van der Waals surface area contributed by atoms with Crippen molar-refractivity contribution in [2.24, 2.45) is 9.98 Å². The molecule has 0 spiro atoms. The number of halogens is 1. The van der Waals surface area contributed by atoms with E-state index in [0.29, 0.717) is 12.6 Å². The first-order chi connectivity index (χ1) is 19.1. The lowest BCUT2D eigenvalue weighted by Crippen LogP contribution is -2.36. The molecule has 0 bridgehead atoms. The van der Waals surface area contributed by atoms with Gasteiger partial charge in [0.2, 0.25) is 0 Å². The number of carbonyl (C=O) groups is 1. The molecule has 0 atom stereocenters. The maximum Gasteiger partial charge on any atom is 0.262 e. The molecule has 220 valence electrons. The first kappa shape index (κ1) is 38.4. The molecule has 0 aromatic carbocycles. The Morgan fingerprint density at radius 2 is 1.82 bits per heavy atom. The fraction of sp³-hybridized carbons (Fsp3) is 0.562. The monoisotopic (exact) mass is 559 g/mol. The Morgan fingerprint density at radius 1 is 1.13 bits per heavy atom. The fourth-order valence-electron chi connectivity index (χ4n) is 3.62. The summed E-state index contributed by atoms with van der Waals surface area (Å²) in [6.07, 6.45) is 31.3. The number of aliphatic imine (C=N–C) groups is 2. The third-order valence-electron chi connectivity index (χ3n) is 5.60. The molecule has 1 amide bonds. The van der Waals surface area contributed by atoms with Gasteiger partial charge in [0.25, 0.3) is 5.91 Å². The summed E-state index contributed by atoms with van der Waals surface area (Å²) >= 11 is 4.64. The number of nitrogens with one attached hydrogen (secondary N) is 1. The Balaban J connectivity index is 0. The lowest BCUT2D eigenvalue weighted by molar-refractivity contribution is -0.115. The maximum absolute atomic E-state index is 11.7. The SMILES string of the molecule is C/C=C(\C=C\CC/C=C/N=CC(=O)NC1CCCCC1)C/C=C/CC.C=NCc1cnn(CC)c1.CC.CCl. The van der Waals surface area contributed by atoms with Crippen molar-refractivity contribution in [3.8, 4) is 0 Å². The van der Waals surface area contributed by atoms with Crippen molar-refractivity contribution < 1.29 is 4.79 Å². The molecular formula is C32H54ClN5O. The Morgan fingerprint density at radius 3 is 2.41 bits per heavy atom. The van der Waals surface area contributed by atoms with Crippen molar-refractivity contribution >= 4 is 30.4 Å². The largest absolute Gasteiger partial charge is 0.349 e.